The average molecular weight is 311 g/mol. The summed E-state index contributed by atoms with van der Waals surface area (Å²) in [6.45, 7) is 3.34. The van der Waals surface area contributed by atoms with Crippen LogP contribution in [0.5, 0.6) is 0 Å². The number of carboxylic acids is 1. The van der Waals surface area contributed by atoms with Gasteiger partial charge in [0.25, 0.3) is 0 Å². The van der Waals surface area contributed by atoms with Gasteiger partial charge < -0.3 is 15.7 Å². The summed E-state index contributed by atoms with van der Waals surface area (Å²) in [5.74, 6) is -1.65. The Morgan fingerprint density at radius 2 is 1.95 bits per heavy atom. The molecular weight excluding hydrogens is 294 g/mol. The van der Waals surface area contributed by atoms with Gasteiger partial charge in [-0.15, -0.1) is 11.3 Å². The minimum atomic E-state index is -1.03. The van der Waals surface area contributed by atoms with E-state index in [1.165, 1.54) is 7.05 Å². The van der Waals surface area contributed by atoms with Crippen LogP contribution < -0.4 is 10.6 Å². The van der Waals surface area contributed by atoms with Gasteiger partial charge in [-0.2, -0.15) is 0 Å². The van der Waals surface area contributed by atoms with Crippen LogP contribution in [-0.4, -0.2) is 34.9 Å². The highest BCUT2D eigenvalue weighted by atomic mass is 32.1. The predicted octanol–water partition coefficient (Wildman–Crippen LogP) is 0.853. The molecule has 0 radical (unpaired) electrons. The largest absolute Gasteiger partial charge is 0.477 e. The van der Waals surface area contributed by atoms with Gasteiger partial charge in [0, 0.05) is 7.05 Å². The van der Waals surface area contributed by atoms with E-state index >= 15 is 0 Å². The third-order valence-electron chi connectivity index (χ3n) is 3.57. The fraction of sp³-hybridized carbons (Fsp3) is 0.538. The number of carboxylic acid groups (broad SMARTS) is 1. The Morgan fingerprint density at radius 3 is 2.38 bits per heavy atom. The quantitative estimate of drug-likeness (QED) is 0.699. The number of hydrogen-bond acceptors (Lipinski definition) is 5. The monoisotopic (exact) mass is 311 g/mol. The molecule has 8 heteroatoms. The number of carbonyl (C=O) groups is 3. The summed E-state index contributed by atoms with van der Waals surface area (Å²) in [4.78, 5) is 39.3. The number of hydrogen-bond donors (Lipinski definition) is 3. The van der Waals surface area contributed by atoms with E-state index in [2.05, 4.69) is 15.6 Å². The second-order valence-electron chi connectivity index (χ2n) is 5.13. The number of carbonyl (C=O) groups excluding carboxylic acids is 2. The van der Waals surface area contributed by atoms with Gasteiger partial charge in [0.05, 0.1) is 11.7 Å². The predicted molar refractivity (Wildman–Crippen MR) is 76.1 cm³/mol. The van der Waals surface area contributed by atoms with Gasteiger partial charge in [-0.1, -0.05) is 0 Å². The van der Waals surface area contributed by atoms with Gasteiger partial charge in [0.2, 0.25) is 11.8 Å². The van der Waals surface area contributed by atoms with E-state index < -0.39 is 17.4 Å². The molecule has 3 N–H and O–H groups in total. The molecule has 114 valence electrons. The molecule has 0 bridgehead atoms. The number of rotatable bonds is 5. The fourth-order valence-corrected chi connectivity index (χ4v) is 3.03. The molecule has 2 amide bonds. The van der Waals surface area contributed by atoms with Gasteiger partial charge in [-0.05, 0) is 26.7 Å². The zero-order chi connectivity index (χ0) is 15.8. The average Bonchev–Trinajstić information content (AvgIpc) is 3.15. The SMILES string of the molecule is CNC(=O)C1(C(=O)NC(C)c2nc(C)c(C(=O)O)s2)CC1. The molecule has 1 fully saturated rings. The van der Waals surface area contributed by atoms with Crippen molar-refractivity contribution >= 4 is 29.1 Å². The lowest BCUT2D eigenvalue weighted by molar-refractivity contribution is -0.137. The first kappa shape index (κ1) is 15.4. The van der Waals surface area contributed by atoms with E-state index in [1.54, 1.807) is 13.8 Å². The molecule has 0 saturated heterocycles. The summed E-state index contributed by atoms with van der Waals surface area (Å²) < 4.78 is 0. The van der Waals surface area contributed by atoms with Gasteiger partial charge in [-0.3, -0.25) is 9.59 Å². The van der Waals surface area contributed by atoms with Crippen LogP contribution in [0.2, 0.25) is 0 Å². The van der Waals surface area contributed by atoms with E-state index in [9.17, 15) is 14.4 Å². The molecule has 1 heterocycles. The summed E-state index contributed by atoms with van der Waals surface area (Å²) in [5.41, 5.74) is -0.540. The highest BCUT2D eigenvalue weighted by molar-refractivity contribution is 7.13. The molecule has 0 spiro atoms. The number of aromatic carboxylic acids is 1. The van der Waals surface area contributed by atoms with Crippen molar-refractivity contribution in [2.24, 2.45) is 5.41 Å². The van der Waals surface area contributed by atoms with Crippen LogP contribution in [0.4, 0.5) is 0 Å². The maximum atomic E-state index is 12.2. The minimum absolute atomic E-state index is 0.165. The zero-order valence-corrected chi connectivity index (χ0v) is 12.8. The molecule has 7 nitrogen and oxygen atoms in total. The van der Waals surface area contributed by atoms with Crippen LogP contribution in [0.1, 0.15) is 46.2 Å². The fourth-order valence-electron chi connectivity index (χ4n) is 2.12. The lowest BCUT2D eigenvalue weighted by atomic mass is 10.1. The molecule has 21 heavy (non-hydrogen) atoms. The van der Waals surface area contributed by atoms with Crippen LogP contribution in [0.15, 0.2) is 0 Å². The smallest absolute Gasteiger partial charge is 0.347 e. The highest BCUT2D eigenvalue weighted by Crippen LogP contribution is 2.46. The summed E-state index contributed by atoms with van der Waals surface area (Å²) in [5, 5.41) is 14.8. The van der Waals surface area contributed by atoms with Gasteiger partial charge >= 0.3 is 5.97 Å². The molecule has 1 saturated carbocycles. The van der Waals surface area contributed by atoms with Crippen molar-refractivity contribution in [3.05, 3.63) is 15.6 Å². The van der Waals surface area contributed by atoms with Crippen molar-refractivity contribution in [2.45, 2.75) is 32.7 Å². The second-order valence-corrected chi connectivity index (χ2v) is 6.16. The number of amides is 2. The lowest BCUT2D eigenvalue weighted by Crippen LogP contribution is -2.42. The van der Waals surface area contributed by atoms with Crippen molar-refractivity contribution < 1.29 is 19.5 Å². The van der Waals surface area contributed by atoms with Crippen LogP contribution >= 0.6 is 11.3 Å². The Bertz CT molecular complexity index is 607. The summed E-state index contributed by atoms with van der Waals surface area (Å²) in [6, 6.07) is -0.434. The molecule has 1 atom stereocenters. The van der Waals surface area contributed by atoms with Crippen LogP contribution in [0.25, 0.3) is 0 Å². The van der Waals surface area contributed by atoms with Gasteiger partial charge in [0.1, 0.15) is 15.3 Å². The van der Waals surface area contributed by atoms with E-state index in [4.69, 9.17) is 5.11 Å². The maximum Gasteiger partial charge on any atom is 0.347 e. The number of thiazole rings is 1. The molecule has 0 aromatic carbocycles. The minimum Gasteiger partial charge on any atom is -0.477 e. The summed E-state index contributed by atoms with van der Waals surface area (Å²) in [7, 11) is 1.50. The zero-order valence-electron chi connectivity index (χ0n) is 12.0. The first-order chi connectivity index (χ1) is 9.81. The summed E-state index contributed by atoms with van der Waals surface area (Å²) >= 11 is 1.04. The van der Waals surface area contributed by atoms with E-state index in [0.29, 0.717) is 23.5 Å². The Labute approximate surface area is 125 Å². The molecule has 1 aromatic rings. The topological polar surface area (TPSA) is 108 Å². The molecule has 1 unspecified atom stereocenters. The van der Waals surface area contributed by atoms with Crippen molar-refractivity contribution in [3.63, 3.8) is 0 Å². The number of nitrogens with one attached hydrogen (secondary N) is 2. The Morgan fingerprint density at radius 1 is 1.33 bits per heavy atom. The van der Waals surface area contributed by atoms with E-state index in [1.807, 2.05) is 0 Å². The van der Waals surface area contributed by atoms with Crippen molar-refractivity contribution in [1.29, 1.82) is 0 Å². The molecule has 1 aromatic heterocycles. The third kappa shape index (κ3) is 2.76. The van der Waals surface area contributed by atoms with E-state index in [-0.39, 0.29) is 16.7 Å². The first-order valence-electron chi connectivity index (χ1n) is 6.55. The van der Waals surface area contributed by atoms with Crippen LogP contribution in [0.3, 0.4) is 0 Å². The second kappa shape index (κ2) is 5.44. The number of aryl methyl sites for hydroxylation is 1. The highest BCUT2D eigenvalue weighted by Gasteiger charge is 2.56. The first-order valence-corrected chi connectivity index (χ1v) is 7.37. The number of aromatic nitrogens is 1. The number of nitrogens with zero attached hydrogens (tertiary/aromatic N) is 1. The molecule has 2 rings (SSSR count). The van der Waals surface area contributed by atoms with Crippen molar-refractivity contribution in [2.75, 3.05) is 7.05 Å². The summed E-state index contributed by atoms with van der Waals surface area (Å²) in [6.07, 6.45) is 1.06. The lowest BCUT2D eigenvalue weighted by Gasteiger charge is -2.17. The standard InChI is InChI=1S/C13H17N3O4S/c1-6-8(10(17)18)21-9(15-6)7(2)16-12(20)13(4-5-13)11(19)14-3/h7H,4-5H2,1-3H3,(H,14,19)(H,16,20)(H,17,18). The Hall–Kier alpha value is -1.96. The van der Waals surface area contributed by atoms with Gasteiger partial charge in [0.15, 0.2) is 0 Å². The molecule has 1 aliphatic rings. The Kier molecular flexibility index (Phi) is 3.99. The Balaban J connectivity index is 2.10. The van der Waals surface area contributed by atoms with Crippen molar-refractivity contribution in [3.8, 4) is 0 Å². The van der Waals surface area contributed by atoms with Crippen molar-refractivity contribution in [1.82, 2.24) is 15.6 Å². The molecular formula is C13H17N3O4S. The van der Waals surface area contributed by atoms with E-state index in [0.717, 1.165) is 11.3 Å². The normalized spacial score (nSPS) is 16.9. The maximum absolute atomic E-state index is 12.2. The molecule has 0 aliphatic heterocycles. The van der Waals surface area contributed by atoms with Crippen LogP contribution in [-0.2, 0) is 9.59 Å². The van der Waals surface area contributed by atoms with Gasteiger partial charge in [-0.25, -0.2) is 9.78 Å². The molecule has 1 aliphatic carbocycles. The third-order valence-corrected chi connectivity index (χ3v) is 4.90. The van der Waals surface area contributed by atoms with Crippen LogP contribution in [0, 0.1) is 12.3 Å².